The molecular weight excluding hydrogens is 224 g/mol. The quantitative estimate of drug-likeness (QED) is 0.827. The predicted molar refractivity (Wildman–Crippen MR) is 64.8 cm³/mol. The van der Waals surface area contributed by atoms with Crippen LogP contribution < -0.4 is 10.1 Å². The second kappa shape index (κ2) is 6.55. The van der Waals surface area contributed by atoms with Crippen molar-refractivity contribution >= 4 is 0 Å². The van der Waals surface area contributed by atoms with Gasteiger partial charge in [-0.1, -0.05) is 13.0 Å². The molecule has 0 aliphatic rings. The number of ether oxygens (including phenoxy) is 1. The highest BCUT2D eigenvalue weighted by Gasteiger charge is 2.23. The summed E-state index contributed by atoms with van der Waals surface area (Å²) >= 11 is 0. The Hall–Kier alpha value is -1.16. The standard InChI is InChI=1S/C13H19F2NO/c1-4-7-16-12(13(14)15)11-6-5-10(17-3)8-9(11)2/h5-6,8,12-13,16H,4,7H2,1-3H3. The minimum Gasteiger partial charge on any atom is -0.497 e. The van der Waals surface area contributed by atoms with Crippen molar-refractivity contribution < 1.29 is 13.5 Å². The Labute approximate surface area is 101 Å². The third-order valence-corrected chi connectivity index (χ3v) is 2.68. The number of methoxy groups -OCH3 is 1. The van der Waals surface area contributed by atoms with Crippen LogP contribution in [0.15, 0.2) is 18.2 Å². The monoisotopic (exact) mass is 243 g/mol. The molecule has 0 fully saturated rings. The summed E-state index contributed by atoms with van der Waals surface area (Å²) in [5.41, 5.74) is 1.45. The molecule has 0 amide bonds. The average molecular weight is 243 g/mol. The molecule has 1 atom stereocenters. The average Bonchev–Trinajstić information content (AvgIpc) is 2.30. The molecule has 0 bridgehead atoms. The minimum atomic E-state index is -2.41. The molecule has 1 aromatic carbocycles. The van der Waals surface area contributed by atoms with Crippen molar-refractivity contribution in [2.75, 3.05) is 13.7 Å². The predicted octanol–water partition coefficient (Wildman–Crippen LogP) is 3.31. The van der Waals surface area contributed by atoms with Gasteiger partial charge in [0.15, 0.2) is 0 Å². The number of nitrogens with one attached hydrogen (secondary N) is 1. The van der Waals surface area contributed by atoms with E-state index in [-0.39, 0.29) is 0 Å². The molecule has 0 saturated heterocycles. The highest BCUT2D eigenvalue weighted by molar-refractivity contribution is 5.36. The van der Waals surface area contributed by atoms with Crippen molar-refractivity contribution in [1.82, 2.24) is 5.32 Å². The van der Waals surface area contributed by atoms with E-state index in [0.29, 0.717) is 17.9 Å². The Morgan fingerprint density at radius 1 is 1.35 bits per heavy atom. The smallest absolute Gasteiger partial charge is 0.257 e. The largest absolute Gasteiger partial charge is 0.497 e. The highest BCUT2D eigenvalue weighted by atomic mass is 19.3. The lowest BCUT2D eigenvalue weighted by molar-refractivity contribution is 0.0982. The van der Waals surface area contributed by atoms with E-state index in [1.165, 1.54) is 0 Å². The molecule has 2 nitrogen and oxygen atoms in total. The van der Waals surface area contributed by atoms with E-state index in [0.717, 1.165) is 12.0 Å². The lowest BCUT2D eigenvalue weighted by Crippen LogP contribution is -2.28. The summed E-state index contributed by atoms with van der Waals surface area (Å²) in [6, 6.07) is 4.29. The molecule has 1 aromatic rings. The maximum absolute atomic E-state index is 13.0. The molecule has 1 unspecified atom stereocenters. The van der Waals surface area contributed by atoms with Gasteiger partial charge in [0.2, 0.25) is 0 Å². The number of alkyl halides is 2. The number of halogens is 2. The van der Waals surface area contributed by atoms with Crippen molar-refractivity contribution in [3.05, 3.63) is 29.3 Å². The fourth-order valence-electron chi connectivity index (χ4n) is 1.76. The van der Waals surface area contributed by atoms with Gasteiger partial charge in [0, 0.05) is 0 Å². The Kier molecular flexibility index (Phi) is 5.35. The molecule has 17 heavy (non-hydrogen) atoms. The first-order valence-corrected chi connectivity index (χ1v) is 5.76. The summed E-state index contributed by atoms with van der Waals surface area (Å²) in [4.78, 5) is 0. The summed E-state index contributed by atoms with van der Waals surface area (Å²) in [7, 11) is 1.56. The molecule has 0 spiro atoms. The molecule has 1 rings (SSSR count). The molecule has 0 aliphatic heterocycles. The Bertz CT molecular complexity index is 355. The minimum absolute atomic E-state index is 0.584. The van der Waals surface area contributed by atoms with Gasteiger partial charge >= 0.3 is 0 Å². The fraction of sp³-hybridized carbons (Fsp3) is 0.538. The van der Waals surface area contributed by atoms with Gasteiger partial charge in [-0.15, -0.1) is 0 Å². The first kappa shape index (κ1) is 13.9. The van der Waals surface area contributed by atoms with Crippen LogP contribution in [0.3, 0.4) is 0 Å². The van der Waals surface area contributed by atoms with Crippen LogP contribution in [0, 0.1) is 6.92 Å². The van der Waals surface area contributed by atoms with Gasteiger partial charge in [0.05, 0.1) is 13.2 Å². The van der Waals surface area contributed by atoms with E-state index in [9.17, 15) is 8.78 Å². The van der Waals surface area contributed by atoms with Crippen LogP contribution in [0.25, 0.3) is 0 Å². The zero-order valence-electron chi connectivity index (χ0n) is 10.5. The van der Waals surface area contributed by atoms with E-state index in [1.54, 1.807) is 25.3 Å². The molecule has 1 N–H and O–H groups in total. The van der Waals surface area contributed by atoms with Crippen LogP contribution in [-0.4, -0.2) is 20.1 Å². The summed E-state index contributed by atoms with van der Waals surface area (Å²) in [6.07, 6.45) is -1.58. The topological polar surface area (TPSA) is 21.3 Å². The lowest BCUT2D eigenvalue weighted by atomic mass is 10.0. The zero-order valence-corrected chi connectivity index (χ0v) is 10.5. The molecule has 0 saturated carbocycles. The van der Waals surface area contributed by atoms with E-state index in [1.807, 2.05) is 13.8 Å². The van der Waals surface area contributed by atoms with E-state index in [4.69, 9.17) is 4.74 Å². The van der Waals surface area contributed by atoms with E-state index < -0.39 is 12.5 Å². The Morgan fingerprint density at radius 2 is 2.06 bits per heavy atom. The molecule has 0 heterocycles. The van der Waals surface area contributed by atoms with Gasteiger partial charge in [0.25, 0.3) is 6.43 Å². The number of hydrogen-bond donors (Lipinski definition) is 1. The van der Waals surface area contributed by atoms with Crippen molar-refractivity contribution in [2.45, 2.75) is 32.7 Å². The van der Waals surface area contributed by atoms with Crippen LogP contribution in [-0.2, 0) is 0 Å². The third kappa shape index (κ3) is 3.66. The van der Waals surface area contributed by atoms with E-state index >= 15 is 0 Å². The van der Waals surface area contributed by atoms with Gasteiger partial charge in [-0.25, -0.2) is 8.78 Å². The molecule has 0 aromatic heterocycles. The second-order valence-corrected chi connectivity index (χ2v) is 3.99. The van der Waals surface area contributed by atoms with Crippen LogP contribution in [0.1, 0.15) is 30.5 Å². The second-order valence-electron chi connectivity index (χ2n) is 3.99. The van der Waals surface area contributed by atoms with Crippen LogP contribution in [0.5, 0.6) is 5.75 Å². The Morgan fingerprint density at radius 3 is 2.53 bits per heavy atom. The van der Waals surface area contributed by atoms with Crippen molar-refractivity contribution in [1.29, 1.82) is 0 Å². The normalized spacial score (nSPS) is 12.8. The van der Waals surface area contributed by atoms with Crippen molar-refractivity contribution in [3.8, 4) is 5.75 Å². The maximum Gasteiger partial charge on any atom is 0.257 e. The summed E-state index contributed by atoms with van der Waals surface area (Å²) in [5, 5.41) is 2.87. The maximum atomic E-state index is 13.0. The number of benzene rings is 1. The van der Waals surface area contributed by atoms with Crippen LogP contribution in [0.4, 0.5) is 8.78 Å². The summed E-state index contributed by atoms with van der Waals surface area (Å²) in [5.74, 6) is 0.690. The van der Waals surface area contributed by atoms with Gasteiger partial charge < -0.3 is 10.1 Å². The molecule has 96 valence electrons. The molecule has 0 radical (unpaired) electrons. The fourth-order valence-corrected chi connectivity index (χ4v) is 1.76. The van der Waals surface area contributed by atoms with Gasteiger partial charge in [-0.05, 0) is 43.1 Å². The molecular formula is C13H19F2NO. The lowest BCUT2D eigenvalue weighted by Gasteiger charge is -2.20. The number of aryl methyl sites for hydroxylation is 1. The van der Waals surface area contributed by atoms with Crippen LogP contribution >= 0.6 is 0 Å². The van der Waals surface area contributed by atoms with Gasteiger partial charge in [-0.3, -0.25) is 0 Å². The van der Waals surface area contributed by atoms with E-state index in [2.05, 4.69) is 5.32 Å². The molecule has 0 aliphatic carbocycles. The van der Waals surface area contributed by atoms with Gasteiger partial charge in [0.1, 0.15) is 5.75 Å². The highest BCUT2D eigenvalue weighted by Crippen LogP contribution is 2.26. The van der Waals surface area contributed by atoms with Crippen LogP contribution in [0.2, 0.25) is 0 Å². The Balaban J connectivity index is 2.93. The molecule has 4 heteroatoms. The number of hydrogen-bond acceptors (Lipinski definition) is 2. The summed E-state index contributed by atoms with van der Waals surface area (Å²) < 4.78 is 31.0. The number of rotatable bonds is 6. The summed E-state index contributed by atoms with van der Waals surface area (Å²) in [6.45, 7) is 4.36. The first-order valence-electron chi connectivity index (χ1n) is 5.76. The zero-order chi connectivity index (χ0) is 12.8. The van der Waals surface area contributed by atoms with Crippen molar-refractivity contribution in [2.24, 2.45) is 0 Å². The SMILES string of the molecule is CCCNC(c1ccc(OC)cc1C)C(F)F. The first-order chi connectivity index (χ1) is 8.10. The van der Waals surface area contributed by atoms with Crippen molar-refractivity contribution in [3.63, 3.8) is 0 Å². The third-order valence-electron chi connectivity index (χ3n) is 2.68. The van der Waals surface area contributed by atoms with Gasteiger partial charge in [-0.2, -0.15) is 0 Å².